The van der Waals surface area contributed by atoms with Crippen LogP contribution in [0.5, 0.6) is 0 Å². The second-order valence-corrected chi connectivity index (χ2v) is 4.17. The Bertz CT molecular complexity index is 177. The summed E-state index contributed by atoms with van der Waals surface area (Å²) >= 11 is 0. The van der Waals surface area contributed by atoms with Gasteiger partial charge in [-0.2, -0.15) is 0 Å². The van der Waals surface area contributed by atoms with Gasteiger partial charge in [-0.15, -0.1) is 0 Å². The van der Waals surface area contributed by atoms with Crippen LogP contribution in [0.1, 0.15) is 44.9 Å². The summed E-state index contributed by atoms with van der Waals surface area (Å²) in [5, 5.41) is 14.1. The third-order valence-electron chi connectivity index (χ3n) is 2.84. The first-order chi connectivity index (χ1) is 7.33. The van der Waals surface area contributed by atoms with Gasteiger partial charge in [0.25, 0.3) is 0 Å². The molecule has 0 radical (unpaired) electrons. The van der Waals surface area contributed by atoms with Crippen molar-refractivity contribution in [2.24, 2.45) is 0 Å². The molecule has 0 spiro atoms. The van der Waals surface area contributed by atoms with E-state index in [2.05, 4.69) is 10.6 Å². The fourth-order valence-electron chi connectivity index (χ4n) is 2.01. The van der Waals surface area contributed by atoms with Gasteiger partial charge in [0.15, 0.2) is 0 Å². The van der Waals surface area contributed by atoms with Crippen molar-refractivity contribution in [3.63, 3.8) is 0 Å². The van der Waals surface area contributed by atoms with Crippen LogP contribution in [0.4, 0.5) is 4.79 Å². The number of amides is 2. The van der Waals surface area contributed by atoms with E-state index >= 15 is 0 Å². The number of hydrogen-bond donors (Lipinski definition) is 3. The lowest BCUT2D eigenvalue weighted by Gasteiger charge is -2.21. The Hall–Kier alpha value is -0.770. The number of nitrogens with one attached hydrogen (secondary N) is 2. The van der Waals surface area contributed by atoms with Crippen molar-refractivity contribution in [3.05, 3.63) is 0 Å². The highest BCUT2D eigenvalue weighted by Gasteiger charge is 2.13. The zero-order valence-corrected chi connectivity index (χ0v) is 9.30. The average molecular weight is 214 g/mol. The summed E-state index contributed by atoms with van der Waals surface area (Å²) < 4.78 is 0. The molecule has 0 unspecified atom stereocenters. The fourth-order valence-corrected chi connectivity index (χ4v) is 2.01. The molecule has 1 fully saturated rings. The molecule has 4 heteroatoms. The van der Waals surface area contributed by atoms with Crippen LogP contribution in [0.3, 0.4) is 0 Å². The molecule has 1 aliphatic rings. The maximum Gasteiger partial charge on any atom is 0.315 e. The highest BCUT2D eigenvalue weighted by molar-refractivity contribution is 5.74. The van der Waals surface area contributed by atoms with Crippen LogP contribution in [-0.2, 0) is 0 Å². The summed E-state index contributed by atoms with van der Waals surface area (Å²) in [5.41, 5.74) is 0. The predicted octanol–water partition coefficient (Wildman–Crippen LogP) is 1.39. The van der Waals surface area contributed by atoms with E-state index in [1.54, 1.807) is 0 Å². The standard InChI is InChI=1S/C11H22N2O2/c14-9-8-12-11(15)13-10-6-4-2-1-3-5-7-10/h10,14H,1-9H2,(H2,12,13,15). The van der Waals surface area contributed by atoms with Gasteiger partial charge in [0.1, 0.15) is 0 Å². The number of carbonyl (C=O) groups excluding carboxylic acids is 1. The summed E-state index contributed by atoms with van der Waals surface area (Å²) in [6.45, 7) is 0.330. The lowest BCUT2D eigenvalue weighted by Crippen LogP contribution is -2.43. The SMILES string of the molecule is O=C(NCCO)NC1CCCCCCC1. The molecule has 0 atom stereocenters. The molecular weight excluding hydrogens is 192 g/mol. The minimum atomic E-state index is -0.144. The van der Waals surface area contributed by atoms with Crippen molar-refractivity contribution in [2.75, 3.05) is 13.2 Å². The van der Waals surface area contributed by atoms with Crippen LogP contribution in [0.25, 0.3) is 0 Å². The molecule has 0 aliphatic heterocycles. The summed E-state index contributed by atoms with van der Waals surface area (Å²) in [6, 6.07) is 0.179. The molecule has 3 N–H and O–H groups in total. The van der Waals surface area contributed by atoms with E-state index in [1.165, 1.54) is 32.1 Å². The number of aliphatic hydroxyl groups excluding tert-OH is 1. The Balaban J connectivity index is 2.19. The Kier molecular flexibility index (Phi) is 6.16. The molecule has 1 aliphatic carbocycles. The van der Waals surface area contributed by atoms with E-state index in [0.29, 0.717) is 12.6 Å². The number of hydrogen-bond acceptors (Lipinski definition) is 2. The molecule has 15 heavy (non-hydrogen) atoms. The van der Waals surface area contributed by atoms with E-state index in [0.717, 1.165) is 12.8 Å². The molecule has 1 rings (SSSR count). The Morgan fingerprint density at radius 3 is 2.33 bits per heavy atom. The van der Waals surface area contributed by atoms with Crippen molar-refractivity contribution in [1.29, 1.82) is 0 Å². The largest absolute Gasteiger partial charge is 0.395 e. The quantitative estimate of drug-likeness (QED) is 0.665. The van der Waals surface area contributed by atoms with Crippen molar-refractivity contribution >= 4 is 6.03 Å². The third kappa shape index (κ3) is 5.62. The predicted molar refractivity (Wildman–Crippen MR) is 59.7 cm³/mol. The molecule has 4 nitrogen and oxygen atoms in total. The highest BCUT2D eigenvalue weighted by Crippen LogP contribution is 2.16. The molecule has 2 amide bonds. The van der Waals surface area contributed by atoms with Gasteiger partial charge in [-0.25, -0.2) is 4.79 Å². The summed E-state index contributed by atoms with van der Waals surface area (Å²) in [4.78, 5) is 11.3. The van der Waals surface area contributed by atoms with Crippen LogP contribution in [-0.4, -0.2) is 30.3 Å². The maximum absolute atomic E-state index is 11.3. The number of rotatable bonds is 3. The fraction of sp³-hybridized carbons (Fsp3) is 0.909. The van der Waals surface area contributed by atoms with Gasteiger partial charge in [0.2, 0.25) is 0 Å². The second-order valence-electron chi connectivity index (χ2n) is 4.17. The molecule has 1 saturated carbocycles. The molecule has 0 bridgehead atoms. The Morgan fingerprint density at radius 1 is 1.13 bits per heavy atom. The van der Waals surface area contributed by atoms with Crippen LogP contribution in [0.2, 0.25) is 0 Å². The van der Waals surface area contributed by atoms with Crippen molar-refractivity contribution < 1.29 is 9.90 Å². The minimum Gasteiger partial charge on any atom is -0.395 e. The molecule has 0 saturated heterocycles. The number of carbonyl (C=O) groups is 1. The third-order valence-corrected chi connectivity index (χ3v) is 2.84. The van der Waals surface area contributed by atoms with E-state index in [-0.39, 0.29) is 12.6 Å². The van der Waals surface area contributed by atoms with Crippen molar-refractivity contribution in [2.45, 2.75) is 51.0 Å². The maximum atomic E-state index is 11.3. The van der Waals surface area contributed by atoms with Crippen LogP contribution in [0.15, 0.2) is 0 Å². The summed E-state index contributed by atoms with van der Waals surface area (Å²) in [7, 11) is 0. The first-order valence-electron chi connectivity index (χ1n) is 5.98. The van der Waals surface area contributed by atoms with Gasteiger partial charge in [-0.1, -0.05) is 32.1 Å². The lowest BCUT2D eigenvalue weighted by atomic mass is 9.97. The van der Waals surface area contributed by atoms with E-state index in [4.69, 9.17) is 5.11 Å². The van der Waals surface area contributed by atoms with E-state index < -0.39 is 0 Å². The Labute approximate surface area is 91.4 Å². The van der Waals surface area contributed by atoms with Crippen LogP contribution < -0.4 is 10.6 Å². The minimum absolute atomic E-state index is 0.00190. The first-order valence-corrected chi connectivity index (χ1v) is 5.98. The van der Waals surface area contributed by atoms with Gasteiger partial charge in [-0.05, 0) is 12.8 Å². The van der Waals surface area contributed by atoms with Crippen LogP contribution >= 0.6 is 0 Å². The molecule has 88 valence electrons. The van der Waals surface area contributed by atoms with E-state index in [9.17, 15) is 4.79 Å². The lowest BCUT2D eigenvalue weighted by molar-refractivity contribution is 0.228. The zero-order valence-electron chi connectivity index (χ0n) is 9.30. The number of aliphatic hydroxyl groups is 1. The van der Waals surface area contributed by atoms with Crippen molar-refractivity contribution in [1.82, 2.24) is 10.6 Å². The van der Waals surface area contributed by atoms with Gasteiger partial charge in [-0.3, -0.25) is 0 Å². The number of urea groups is 1. The molecular formula is C11H22N2O2. The topological polar surface area (TPSA) is 61.4 Å². The van der Waals surface area contributed by atoms with Crippen LogP contribution in [0, 0.1) is 0 Å². The molecule has 0 aromatic carbocycles. The monoisotopic (exact) mass is 214 g/mol. The normalized spacial score (nSPS) is 19.0. The summed E-state index contributed by atoms with van der Waals surface area (Å²) in [5.74, 6) is 0. The smallest absolute Gasteiger partial charge is 0.315 e. The van der Waals surface area contributed by atoms with Crippen molar-refractivity contribution in [3.8, 4) is 0 Å². The van der Waals surface area contributed by atoms with Gasteiger partial charge >= 0.3 is 6.03 Å². The van der Waals surface area contributed by atoms with E-state index in [1.807, 2.05) is 0 Å². The zero-order chi connectivity index (χ0) is 10.9. The molecule has 0 heterocycles. The second kappa shape index (κ2) is 7.51. The average Bonchev–Trinajstić information content (AvgIpc) is 2.19. The Morgan fingerprint density at radius 2 is 1.73 bits per heavy atom. The van der Waals surface area contributed by atoms with Gasteiger partial charge in [0, 0.05) is 12.6 Å². The summed E-state index contributed by atoms with van der Waals surface area (Å²) in [6.07, 6.45) is 8.52. The molecule has 0 aromatic rings. The molecule has 0 aromatic heterocycles. The van der Waals surface area contributed by atoms with Gasteiger partial charge < -0.3 is 15.7 Å². The first kappa shape index (κ1) is 12.3. The van der Waals surface area contributed by atoms with Gasteiger partial charge in [0.05, 0.1) is 6.61 Å². The highest BCUT2D eigenvalue weighted by atomic mass is 16.3.